The SMILES string of the molecule is COc1ncc(-c2ccccc2N2CCN(C(=O)CNC(=O)c3ccc(OC)c(OC)c3)CC2)cn1. The fraction of sp³-hybridized carbons (Fsp3) is 0.308. The van der Waals surface area contributed by atoms with E-state index >= 15 is 0 Å². The van der Waals surface area contributed by atoms with Gasteiger partial charge in [-0.15, -0.1) is 0 Å². The summed E-state index contributed by atoms with van der Waals surface area (Å²) in [6.45, 7) is 2.37. The first-order valence-corrected chi connectivity index (χ1v) is 11.5. The first kappa shape index (κ1) is 24.8. The van der Waals surface area contributed by atoms with Gasteiger partial charge in [0, 0.05) is 61.0 Å². The van der Waals surface area contributed by atoms with Gasteiger partial charge in [-0.25, -0.2) is 9.97 Å². The van der Waals surface area contributed by atoms with Crippen LogP contribution >= 0.6 is 0 Å². The Morgan fingerprint density at radius 1 is 0.889 bits per heavy atom. The quantitative estimate of drug-likeness (QED) is 0.512. The van der Waals surface area contributed by atoms with Crippen molar-refractivity contribution in [2.75, 3.05) is 59.0 Å². The van der Waals surface area contributed by atoms with Crippen LogP contribution < -0.4 is 24.4 Å². The maximum atomic E-state index is 12.8. The van der Waals surface area contributed by atoms with Crippen molar-refractivity contribution in [1.82, 2.24) is 20.2 Å². The molecule has 0 unspecified atom stereocenters. The van der Waals surface area contributed by atoms with Crippen molar-refractivity contribution in [2.45, 2.75) is 0 Å². The molecule has 0 atom stereocenters. The number of nitrogens with one attached hydrogen (secondary N) is 1. The minimum atomic E-state index is -0.349. The Morgan fingerprint density at radius 2 is 1.58 bits per heavy atom. The normalized spacial score (nSPS) is 13.2. The van der Waals surface area contributed by atoms with E-state index in [0.29, 0.717) is 49.3 Å². The van der Waals surface area contributed by atoms with Gasteiger partial charge in [0.1, 0.15) is 0 Å². The van der Waals surface area contributed by atoms with Crippen molar-refractivity contribution in [1.29, 1.82) is 0 Å². The Kier molecular flexibility index (Phi) is 7.84. The predicted molar refractivity (Wildman–Crippen MR) is 135 cm³/mol. The van der Waals surface area contributed by atoms with Crippen molar-refractivity contribution in [2.24, 2.45) is 0 Å². The summed E-state index contributed by atoms with van der Waals surface area (Å²) in [4.78, 5) is 37.8. The van der Waals surface area contributed by atoms with Crippen LogP contribution in [0.1, 0.15) is 10.4 Å². The molecule has 1 N–H and O–H groups in total. The summed E-state index contributed by atoms with van der Waals surface area (Å²) in [5, 5.41) is 2.70. The maximum absolute atomic E-state index is 12.8. The zero-order chi connectivity index (χ0) is 25.5. The van der Waals surface area contributed by atoms with Crippen LogP contribution in [0.5, 0.6) is 17.5 Å². The first-order chi connectivity index (χ1) is 17.5. The number of piperazine rings is 1. The highest BCUT2D eigenvalue weighted by atomic mass is 16.5. The van der Waals surface area contributed by atoms with Gasteiger partial charge in [0.25, 0.3) is 5.91 Å². The van der Waals surface area contributed by atoms with Gasteiger partial charge < -0.3 is 29.3 Å². The van der Waals surface area contributed by atoms with Crippen LogP contribution in [0.3, 0.4) is 0 Å². The summed E-state index contributed by atoms with van der Waals surface area (Å²) in [5.41, 5.74) is 3.36. The van der Waals surface area contributed by atoms with Gasteiger partial charge in [-0.05, 0) is 24.3 Å². The summed E-state index contributed by atoms with van der Waals surface area (Å²) < 4.78 is 15.5. The van der Waals surface area contributed by atoms with Crippen LogP contribution in [0.15, 0.2) is 54.9 Å². The number of carbonyl (C=O) groups is 2. The van der Waals surface area contributed by atoms with E-state index in [9.17, 15) is 9.59 Å². The number of hydrogen-bond acceptors (Lipinski definition) is 8. The molecule has 36 heavy (non-hydrogen) atoms. The third kappa shape index (κ3) is 5.48. The lowest BCUT2D eigenvalue weighted by Gasteiger charge is -2.37. The van der Waals surface area contributed by atoms with E-state index < -0.39 is 0 Å². The molecule has 1 aromatic heterocycles. The van der Waals surface area contributed by atoms with Gasteiger partial charge in [-0.3, -0.25) is 9.59 Å². The Bertz CT molecular complexity index is 1210. The Labute approximate surface area is 209 Å². The lowest BCUT2D eigenvalue weighted by atomic mass is 10.1. The molecule has 0 saturated carbocycles. The van der Waals surface area contributed by atoms with E-state index in [4.69, 9.17) is 14.2 Å². The molecule has 188 valence electrons. The van der Waals surface area contributed by atoms with E-state index in [1.165, 1.54) is 21.3 Å². The third-order valence-corrected chi connectivity index (χ3v) is 6.04. The molecule has 0 bridgehead atoms. The topological polar surface area (TPSA) is 106 Å². The third-order valence-electron chi connectivity index (χ3n) is 6.04. The van der Waals surface area contributed by atoms with Gasteiger partial charge in [-0.2, -0.15) is 0 Å². The molecule has 0 aliphatic carbocycles. The highest BCUT2D eigenvalue weighted by Crippen LogP contribution is 2.31. The van der Waals surface area contributed by atoms with Crippen molar-refractivity contribution in [3.63, 3.8) is 0 Å². The summed E-state index contributed by atoms with van der Waals surface area (Å²) in [5.74, 6) is 0.511. The molecule has 0 radical (unpaired) electrons. The second-order valence-corrected chi connectivity index (χ2v) is 8.10. The summed E-state index contributed by atoms with van der Waals surface area (Å²) in [6.07, 6.45) is 3.48. The molecule has 10 heteroatoms. The van der Waals surface area contributed by atoms with Crippen molar-refractivity contribution < 1.29 is 23.8 Å². The zero-order valence-corrected chi connectivity index (χ0v) is 20.6. The molecule has 4 rings (SSSR count). The number of anilines is 1. The summed E-state index contributed by atoms with van der Waals surface area (Å²) >= 11 is 0. The molecule has 2 amide bonds. The van der Waals surface area contributed by atoms with Gasteiger partial charge in [0.05, 0.1) is 27.9 Å². The fourth-order valence-corrected chi connectivity index (χ4v) is 4.10. The highest BCUT2D eigenvalue weighted by molar-refractivity contribution is 5.97. The van der Waals surface area contributed by atoms with Crippen molar-refractivity contribution >= 4 is 17.5 Å². The number of hydrogen-bond donors (Lipinski definition) is 1. The number of benzene rings is 2. The lowest BCUT2D eigenvalue weighted by molar-refractivity contribution is -0.130. The second kappa shape index (κ2) is 11.4. The molecule has 1 aliphatic heterocycles. The molecule has 10 nitrogen and oxygen atoms in total. The monoisotopic (exact) mass is 491 g/mol. The minimum Gasteiger partial charge on any atom is -0.493 e. The Hall–Kier alpha value is -4.34. The molecular weight excluding hydrogens is 462 g/mol. The number of methoxy groups -OCH3 is 3. The molecule has 1 aliphatic rings. The lowest BCUT2D eigenvalue weighted by Crippen LogP contribution is -2.51. The average Bonchev–Trinajstić information content (AvgIpc) is 2.95. The average molecular weight is 492 g/mol. The van der Waals surface area contributed by atoms with Crippen LogP contribution in [-0.4, -0.2) is 80.7 Å². The molecular formula is C26H29N5O5. The molecule has 0 spiro atoms. The van der Waals surface area contributed by atoms with Crippen molar-refractivity contribution in [3.8, 4) is 28.6 Å². The summed E-state index contributed by atoms with van der Waals surface area (Å²) in [6, 6.07) is 13.2. The van der Waals surface area contributed by atoms with E-state index in [1.807, 2.05) is 18.2 Å². The molecule has 1 fully saturated rings. The Morgan fingerprint density at radius 3 is 2.25 bits per heavy atom. The predicted octanol–water partition coefficient (Wildman–Crippen LogP) is 2.25. The maximum Gasteiger partial charge on any atom is 0.316 e. The molecule has 2 aromatic carbocycles. The van der Waals surface area contributed by atoms with E-state index in [1.54, 1.807) is 35.5 Å². The van der Waals surface area contributed by atoms with E-state index in [2.05, 4.69) is 26.3 Å². The van der Waals surface area contributed by atoms with Crippen molar-refractivity contribution in [3.05, 3.63) is 60.4 Å². The fourth-order valence-electron chi connectivity index (χ4n) is 4.10. The van der Waals surface area contributed by atoms with E-state index in [-0.39, 0.29) is 18.4 Å². The van der Waals surface area contributed by atoms with Gasteiger partial charge in [0.2, 0.25) is 5.91 Å². The smallest absolute Gasteiger partial charge is 0.316 e. The van der Waals surface area contributed by atoms with Gasteiger partial charge >= 0.3 is 6.01 Å². The number of nitrogens with zero attached hydrogens (tertiary/aromatic N) is 4. The van der Waals surface area contributed by atoms with Gasteiger partial charge in [0.15, 0.2) is 11.5 Å². The number of ether oxygens (including phenoxy) is 3. The minimum absolute atomic E-state index is 0.0764. The first-order valence-electron chi connectivity index (χ1n) is 11.5. The Balaban J connectivity index is 1.34. The second-order valence-electron chi connectivity index (χ2n) is 8.10. The van der Waals surface area contributed by atoms with Crippen LogP contribution in [0.25, 0.3) is 11.1 Å². The number of carbonyl (C=O) groups excluding carboxylic acids is 2. The number of aromatic nitrogens is 2. The number of amides is 2. The van der Waals surface area contributed by atoms with Gasteiger partial charge in [-0.1, -0.05) is 18.2 Å². The molecule has 2 heterocycles. The molecule has 3 aromatic rings. The largest absolute Gasteiger partial charge is 0.493 e. The highest BCUT2D eigenvalue weighted by Gasteiger charge is 2.23. The van der Waals surface area contributed by atoms with Crippen LogP contribution in [-0.2, 0) is 4.79 Å². The summed E-state index contributed by atoms with van der Waals surface area (Å²) in [7, 11) is 4.57. The zero-order valence-electron chi connectivity index (χ0n) is 20.6. The van der Waals surface area contributed by atoms with E-state index in [0.717, 1.165) is 16.8 Å². The number of para-hydroxylation sites is 1. The van der Waals surface area contributed by atoms with Crippen LogP contribution in [0, 0.1) is 0 Å². The number of rotatable bonds is 8. The standard InChI is InChI=1S/C26H29N5O5/c1-34-22-9-8-18(14-23(22)35-2)25(33)27-17-24(32)31-12-10-30(11-13-31)21-7-5-4-6-20(21)19-15-28-26(36-3)29-16-19/h4-9,14-16H,10-13,17H2,1-3H3,(H,27,33). The molecule has 1 saturated heterocycles. The van der Waals surface area contributed by atoms with Crippen LogP contribution in [0.2, 0.25) is 0 Å². The van der Waals surface area contributed by atoms with Crippen LogP contribution in [0.4, 0.5) is 5.69 Å².